The summed E-state index contributed by atoms with van der Waals surface area (Å²) in [6, 6.07) is 18.9. The maximum Gasteiger partial charge on any atom is 0.573 e. The number of ketones is 1. The van der Waals surface area contributed by atoms with Gasteiger partial charge >= 0.3 is 12.3 Å². The van der Waals surface area contributed by atoms with Gasteiger partial charge in [0.25, 0.3) is 5.78 Å². The molecule has 0 bridgehead atoms. The zero-order valence-electron chi connectivity index (χ0n) is 18.0. The lowest BCUT2D eigenvalue weighted by molar-refractivity contribution is -0.274. The molecule has 172 valence electrons. The largest absolute Gasteiger partial charge is 0.573 e. The molecule has 0 fully saturated rings. The van der Waals surface area contributed by atoms with Gasteiger partial charge in [0.15, 0.2) is 0 Å². The highest BCUT2D eigenvalue weighted by Crippen LogP contribution is 2.35. The van der Waals surface area contributed by atoms with Crippen LogP contribution >= 0.6 is 0 Å². The smallest absolute Gasteiger partial charge is 0.453 e. The molecule has 0 unspecified atom stereocenters. The highest BCUT2D eigenvalue weighted by Gasteiger charge is 2.33. The van der Waals surface area contributed by atoms with E-state index < -0.39 is 18.1 Å². The summed E-state index contributed by atoms with van der Waals surface area (Å²) < 4.78 is 48.3. The Kier molecular flexibility index (Phi) is 5.16. The maximum atomic E-state index is 12.8. The normalized spacial score (nSPS) is 13.6. The van der Waals surface area contributed by atoms with Crippen LogP contribution in [-0.2, 0) is 22.7 Å². The number of nitrogens with zero attached hydrogens (tertiary/aromatic N) is 1. The van der Waals surface area contributed by atoms with Crippen LogP contribution in [-0.4, -0.2) is 22.7 Å². The van der Waals surface area contributed by atoms with Crippen molar-refractivity contribution in [2.75, 3.05) is 0 Å². The Hall–Kier alpha value is -4.07. The third-order valence-corrected chi connectivity index (χ3v) is 5.81. The van der Waals surface area contributed by atoms with E-state index in [0.717, 1.165) is 16.6 Å². The predicted octanol–water partition coefficient (Wildman–Crippen LogP) is 5.80. The van der Waals surface area contributed by atoms with Gasteiger partial charge in [0.05, 0.1) is 11.3 Å². The number of aryl methyl sites for hydroxylation is 1. The van der Waals surface area contributed by atoms with Crippen molar-refractivity contribution in [1.29, 1.82) is 0 Å². The number of benzene rings is 3. The van der Waals surface area contributed by atoms with Crippen molar-refractivity contribution < 1.29 is 32.2 Å². The van der Waals surface area contributed by atoms with Gasteiger partial charge in [-0.05, 0) is 47.9 Å². The number of halogens is 3. The summed E-state index contributed by atoms with van der Waals surface area (Å²) in [6.45, 7) is 2.47. The van der Waals surface area contributed by atoms with E-state index in [4.69, 9.17) is 4.74 Å². The Balaban J connectivity index is 1.60. The zero-order chi connectivity index (χ0) is 24.0. The number of carbonyl (C=O) groups excluding carboxylic acids is 2. The summed E-state index contributed by atoms with van der Waals surface area (Å²) in [4.78, 5) is 24.8. The Bertz CT molecular complexity index is 1420. The molecule has 34 heavy (non-hydrogen) atoms. The van der Waals surface area contributed by atoms with E-state index in [1.54, 1.807) is 6.07 Å². The molecule has 5 rings (SSSR count). The van der Waals surface area contributed by atoms with Gasteiger partial charge in [-0.15, -0.1) is 13.2 Å². The first kappa shape index (κ1) is 21.8. The second kappa shape index (κ2) is 8.06. The van der Waals surface area contributed by atoms with Crippen molar-refractivity contribution >= 4 is 22.7 Å². The minimum atomic E-state index is -4.77. The van der Waals surface area contributed by atoms with Gasteiger partial charge in [0, 0.05) is 17.4 Å². The van der Waals surface area contributed by atoms with E-state index in [9.17, 15) is 22.8 Å². The first-order chi connectivity index (χ1) is 16.2. The average molecular weight is 465 g/mol. The van der Waals surface area contributed by atoms with Crippen LogP contribution in [0.4, 0.5) is 13.2 Å². The van der Waals surface area contributed by atoms with E-state index in [1.165, 1.54) is 24.3 Å². The maximum absolute atomic E-state index is 12.8. The lowest BCUT2D eigenvalue weighted by atomic mass is 9.99. The molecule has 0 N–H and O–H groups in total. The standard InChI is InChI=1S/C26H18F3NO4/c1-15-2-4-16(5-3-15)13-30-21-11-8-18(17-6-9-19(10-7-17)34-26(27,28)29)12-20(21)23-22(30)14-33-25(32)24(23)31/h2-12H,13-14H2,1H3. The van der Waals surface area contributed by atoms with E-state index in [-0.39, 0.29) is 12.4 Å². The Morgan fingerprint density at radius 1 is 0.941 bits per heavy atom. The molecular weight excluding hydrogens is 447 g/mol. The van der Waals surface area contributed by atoms with Crippen molar-refractivity contribution in [3.8, 4) is 16.9 Å². The van der Waals surface area contributed by atoms with Crippen LogP contribution in [0.5, 0.6) is 5.75 Å². The van der Waals surface area contributed by atoms with Crippen LogP contribution in [0, 0.1) is 6.92 Å². The minimum absolute atomic E-state index is 0.0146. The summed E-state index contributed by atoms with van der Waals surface area (Å²) in [5, 5.41) is 0.594. The fraction of sp³-hybridized carbons (Fsp3) is 0.154. The van der Waals surface area contributed by atoms with Gasteiger partial charge in [-0.2, -0.15) is 0 Å². The lowest BCUT2D eigenvalue weighted by Crippen LogP contribution is -2.25. The quantitative estimate of drug-likeness (QED) is 0.282. The Morgan fingerprint density at radius 2 is 1.62 bits per heavy atom. The molecule has 0 amide bonds. The van der Waals surface area contributed by atoms with E-state index >= 15 is 0 Å². The Labute approximate surface area is 192 Å². The monoisotopic (exact) mass is 465 g/mol. The molecule has 0 spiro atoms. The first-order valence-electron chi connectivity index (χ1n) is 10.5. The molecule has 5 nitrogen and oxygen atoms in total. The summed E-state index contributed by atoms with van der Waals surface area (Å²) >= 11 is 0. The van der Waals surface area contributed by atoms with Crippen LogP contribution in [0.2, 0.25) is 0 Å². The van der Waals surface area contributed by atoms with Crippen molar-refractivity contribution in [2.45, 2.75) is 26.4 Å². The number of ether oxygens (including phenoxy) is 2. The van der Waals surface area contributed by atoms with E-state index in [1.807, 2.05) is 47.9 Å². The fourth-order valence-corrected chi connectivity index (χ4v) is 4.20. The van der Waals surface area contributed by atoms with Crippen molar-refractivity contribution in [3.05, 3.63) is 89.1 Å². The highest BCUT2D eigenvalue weighted by atomic mass is 19.4. The first-order valence-corrected chi connectivity index (χ1v) is 10.5. The molecule has 1 aliphatic heterocycles. The molecular formula is C26H18F3NO4. The molecule has 0 radical (unpaired) electrons. The SMILES string of the molecule is Cc1ccc(Cn2c3c(c4cc(-c5ccc(OC(F)(F)F)cc5)ccc42)C(=O)C(=O)OC3)cc1. The number of alkyl halides is 3. The van der Waals surface area contributed by atoms with Crippen LogP contribution in [0.15, 0.2) is 66.7 Å². The number of esters is 1. The topological polar surface area (TPSA) is 57.5 Å². The number of rotatable bonds is 4. The van der Waals surface area contributed by atoms with Crippen molar-refractivity contribution in [3.63, 3.8) is 0 Å². The molecule has 1 aliphatic rings. The van der Waals surface area contributed by atoms with Gasteiger partial charge in [0.1, 0.15) is 12.4 Å². The molecule has 3 aromatic carbocycles. The second-order valence-corrected chi connectivity index (χ2v) is 8.10. The summed E-state index contributed by atoms with van der Waals surface area (Å²) in [5.74, 6) is -1.93. The minimum Gasteiger partial charge on any atom is -0.453 e. The van der Waals surface area contributed by atoms with Gasteiger partial charge in [-0.25, -0.2) is 4.79 Å². The number of carbonyl (C=O) groups is 2. The van der Waals surface area contributed by atoms with E-state index in [2.05, 4.69) is 4.74 Å². The summed E-state index contributed by atoms with van der Waals surface area (Å²) in [5.41, 5.74) is 5.17. The van der Waals surface area contributed by atoms with Crippen molar-refractivity contribution in [2.24, 2.45) is 0 Å². The average Bonchev–Trinajstić information content (AvgIpc) is 3.10. The van der Waals surface area contributed by atoms with Crippen LogP contribution < -0.4 is 4.74 Å². The van der Waals surface area contributed by atoms with Gasteiger partial charge in [0.2, 0.25) is 0 Å². The van der Waals surface area contributed by atoms with Gasteiger partial charge in [-0.1, -0.05) is 48.0 Å². The number of Topliss-reactive ketones (excluding diaryl/α,β-unsaturated/α-hetero) is 1. The molecule has 0 saturated heterocycles. The molecule has 0 saturated carbocycles. The number of aromatic nitrogens is 1. The Morgan fingerprint density at radius 3 is 2.29 bits per heavy atom. The molecule has 4 aromatic rings. The third-order valence-electron chi connectivity index (χ3n) is 5.81. The second-order valence-electron chi connectivity index (χ2n) is 8.10. The van der Waals surface area contributed by atoms with Gasteiger partial charge in [-0.3, -0.25) is 4.79 Å². The van der Waals surface area contributed by atoms with Crippen LogP contribution in [0.25, 0.3) is 22.0 Å². The molecule has 8 heteroatoms. The van der Waals surface area contributed by atoms with E-state index in [0.29, 0.717) is 34.3 Å². The number of hydrogen-bond acceptors (Lipinski definition) is 4. The number of hydrogen-bond donors (Lipinski definition) is 0. The van der Waals surface area contributed by atoms with Crippen LogP contribution in [0.3, 0.4) is 0 Å². The number of cyclic esters (lactones) is 1. The third kappa shape index (κ3) is 4.03. The lowest BCUT2D eigenvalue weighted by Gasteiger charge is -2.15. The fourth-order valence-electron chi connectivity index (χ4n) is 4.20. The van der Waals surface area contributed by atoms with Gasteiger partial charge < -0.3 is 14.0 Å². The van der Waals surface area contributed by atoms with Crippen molar-refractivity contribution in [1.82, 2.24) is 4.57 Å². The molecule has 2 heterocycles. The molecule has 0 aliphatic carbocycles. The molecule has 0 atom stereocenters. The number of fused-ring (bicyclic) bond motifs is 3. The summed E-state index contributed by atoms with van der Waals surface area (Å²) in [6.07, 6.45) is -4.77. The molecule has 1 aromatic heterocycles. The zero-order valence-corrected chi connectivity index (χ0v) is 18.0. The van der Waals surface area contributed by atoms with Crippen LogP contribution in [0.1, 0.15) is 27.2 Å². The predicted molar refractivity (Wildman–Crippen MR) is 118 cm³/mol. The highest BCUT2D eigenvalue weighted by molar-refractivity contribution is 6.44. The summed E-state index contributed by atoms with van der Waals surface area (Å²) in [7, 11) is 0.